The third-order valence-corrected chi connectivity index (χ3v) is 3.95. The van der Waals surface area contributed by atoms with E-state index in [0.29, 0.717) is 5.65 Å². The van der Waals surface area contributed by atoms with E-state index in [1.54, 1.807) is 18.3 Å². The molecule has 0 saturated heterocycles. The Morgan fingerprint density at radius 3 is 2.67 bits per heavy atom. The third kappa shape index (κ3) is 3.82. The van der Waals surface area contributed by atoms with Gasteiger partial charge in [-0.05, 0) is 30.7 Å². The predicted molar refractivity (Wildman–Crippen MR) is 99.4 cm³/mol. The van der Waals surface area contributed by atoms with E-state index in [9.17, 15) is 19.7 Å². The summed E-state index contributed by atoms with van der Waals surface area (Å²) < 4.78 is 1.33. The number of carbonyl (C=O) groups is 1. The second kappa shape index (κ2) is 7.34. The van der Waals surface area contributed by atoms with Gasteiger partial charge < -0.3 is 0 Å². The number of hydrogen-bond donors (Lipinski definition) is 1. The van der Waals surface area contributed by atoms with E-state index in [1.807, 2.05) is 6.92 Å². The molecule has 0 fully saturated rings. The Labute approximate surface area is 157 Å². The minimum Gasteiger partial charge on any atom is -0.268 e. The Kier molecular flexibility index (Phi) is 4.95. The summed E-state index contributed by atoms with van der Waals surface area (Å²) in [4.78, 5) is 38.7. The summed E-state index contributed by atoms with van der Waals surface area (Å²) in [5.41, 5.74) is 3.12. The van der Waals surface area contributed by atoms with Crippen LogP contribution in [0.3, 0.4) is 0 Å². The average molecular weight is 386 g/mol. The van der Waals surface area contributed by atoms with Gasteiger partial charge in [-0.1, -0.05) is 17.7 Å². The van der Waals surface area contributed by atoms with Crippen LogP contribution in [0.15, 0.2) is 52.5 Å². The van der Waals surface area contributed by atoms with Crippen LogP contribution >= 0.6 is 11.6 Å². The predicted octanol–water partition coefficient (Wildman–Crippen LogP) is 2.33. The number of aromatic nitrogens is 2. The van der Waals surface area contributed by atoms with Gasteiger partial charge in [0.25, 0.3) is 17.2 Å². The molecule has 27 heavy (non-hydrogen) atoms. The van der Waals surface area contributed by atoms with Crippen molar-refractivity contribution in [2.75, 3.05) is 0 Å². The number of hydrazone groups is 1. The number of fused-ring (bicyclic) bond motifs is 1. The van der Waals surface area contributed by atoms with Gasteiger partial charge in [0.15, 0.2) is 0 Å². The van der Waals surface area contributed by atoms with Crippen molar-refractivity contribution in [2.45, 2.75) is 6.92 Å². The first-order valence-electron chi connectivity index (χ1n) is 7.63. The fourth-order valence-electron chi connectivity index (χ4n) is 2.29. The molecule has 9 nitrogen and oxygen atoms in total. The molecule has 3 rings (SSSR count). The standard InChI is InChI=1S/C17H12ClN5O4/c1-10-2-7-14-20-15(18)13(17(25)22(14)9-10)8-19-21-16(24)11-3-5-12(6-4-11)23(26)27/h2-9H,1H3,(H,21,24)/b19-8-. The van der Waals surface area contributed by atoms with Gasteiger partial charge in [-0.2, -0.15) is 5.10 Å². The first-order valence-corrected chi connectivity index (χ1v) is 8.01. The lowest BCUT2D eigenvalue weighted by Gasteiger charge is -2.04. The number of hydrogen-bond acceptors (Lipinski definition) is 6. The number of rotatable bonds is 4. The fraction of sp³-hybridized carbons (Fsp3) is 0.0588. The molecule has 2 heterocycles. The van der Waals surface area contributed by atoms with Gasteiger partial charge in [0.1, 0.15) is 10.8 Å². The lowest BCUT2D eigenvalue weighted by molar-refractivity contribution is -0.384. The molecule has 1 amide bonds. The molecular weight excluding hydrogens is 374 g/mol. The van der Waals surface area contributed by atoms with Crippen molar-refractivity contribution in [3.8, 4) is 0 Å². The van der Waals surface area contributed by atoms with Crippen molar-refractivity contribution in [3.05, 3.63) is 84.9 Å². The minimum absolute atomic E-state index is 0.0174. The SMILES string of the molecule is Cc1ccc2nc(Cl)c(/C=N\NC(=O)c3ccc([N+](=O)[O-])cc3)c(=O)n2c1. The second-order valence-electron chi connectivity index (χ2n) is 5.56. The molecule has 0 aliphatic carbocycles. The summed E-state index contributed by atoms with van der Waals surface area (Å²) in [6.07, 6.45) is 2.73. The van der Waals surface area contributed by atoms with Gasteiger partial charge in [0.05, 0.1) is 16.7 Å². The molecule has 1 aromatic carbocycles. The number of nitrogens with one attached hydrogen (secondary N) is 1. The average Bonchev–Trinajstić information content (AvgIpc) is 2.65. The van der Waals surface area contributed by atoms with Crippen molar-refractivity contribution in [2.24, 2.45) is 5.10 Å². The molecule has 2 aromatic heterocycles. The zero-order chi connectivity index (χ0) is 19.6. The molecule has 0 saturated carbocycles. The Hall–Kier alpha value is -3.59. The number of nitro benzene ring substituents is 1. The Morgan fingerprint density at radius 1 is 1.30 bits per heavy atom. The van der Waals surface area contributed by atoms with Gasteiger partial charge in [-0.15, -0.1) is 0 Å². The highest BCUT2D eigenvalue weighted by Crippen LogP contribution is 2.12. The van der Waals surface area contributed by atoms with Crippen LogP contribution in [0.5, 0.6) is 0 Å². The van der Waals surface area contributed by atoms with Crippen molar-refractivity contribution in [3.63, 3.8) is 0 Å². The van der Waals surface area contributed by atoms with Gasteiger partial charge in [0.2, 0.25) is 0 Å². The maximum atomic E-state index is 12.5. The van der Waals surface area contributed by atoms with E-state index >= 15 is 0 Å². The quantitative estimate of drug-likeness (QED) is 0.320. The van der Waals surface area contributed by atoms with Crippen LogP contribution in [0, 0.1) is 17.0 Å². The van der Waals surface area contributed by atoms with Gasteiger partial charge >= 0.3 is 0 Å². The molecule has 0 radical (unpaired) electrons. The molecule has 0 aliphatic rings. The monoisotopic (exact) mass is 385 g/mol. The second-order valence-corrected chi connectivity index (χ2v) is 5.92. The first-order chi connectivity index (χ1) is 12.9. The molecule has 3 aromatic rings. The summed E-state index contributed by atoms with van der Waals surface area (Å²) in [5.74, 6) is -0.595. The van der Waals surface area contributed by atoms with Crippen LogP contribution < -0.4 is 11.0 Å². The highest BCUT2D eigenvalue weighted by molar-refractivity contribution is 6.32. The summed E-state index contributed by atoms with van der Waals surface area (Å²) >= 11 is 6.04. The van der Waals surface area contributed by atoms with Crippen LogP contribution in [-0.4, -0.2) is 26.4 Å². The number of amides is 1. The molecule has 10 heteroatoms. The smallest absolute Gasteiger partial charge is 0.268 e. The van der Waals surface area contributed by atoms with Crippen LogP contribution in [0.2, 0.25) is 5.15 Å². The third-order valence-electron chi connectivity index (χ3n) is 3.66. The van der Waals surface area contributed by atoms with E-state index in [0.717, 1.165) is 11.8 Å². The van der Waals surface area contributed by atoms with E-state index in [4.69, 9.17) is 11.6 Å². The van der Waals surface area contributed by atoms with Crippen molar-refractivity contribution in [1.82, 2.24) is 14.8 Å². The van der Waals surface area contributed by atoms with E-state index < -0.39 is 16.4 Å². The maximum absolute atomic E-state index is 12.5. The largest absolute Gasteiger partial charge is 0.271 e. The van der Waals surface area contributed by atoms with E-state index in [1.165, 1.54) is 28.7 Å². The van der Waals surface area contributed by atoms with Gasteiger partial charge in [-0.25, -0.2) is 10.4 Å². The summed E-state index contributed by atoms with van der Waals surface area (Å²) in [6.45, 7) is 1.83. The van der Waals surface area contributed by atoms with E-state index in [2.05, 4.69) is 15.5 Å². The molecule has 0 spiro atoms. The molecule has 0 atom stereocenters. The molecule has 1 N–H and O–H groups in total. The zero-order valence-electron chi connectivity index (χ0n) is 13.9. The number of pyridine rings is 1. The van der Waals surface area contributed by atoms with Crippen LogP contribution in [0.25, 0.3) is 5.65 Å². The number of nitrogens with zero attached hydrogens (tertiary/aromatic N) is 4. The van der Waals surface area contributed by atoms with Gasteiger partial charge in [-0.3, -0.25) is 24.1 Å². The number of aryl methyl sites for hydroxylation is 1. The number of benzene rings is 1. The lowest BCUT2D eigenvalue weighted by atomic mass is 10.2. The first kappa shape index (κ1) is 18.2. The lowest BCUT2D eigenvalue weighted by Crippen LogP contribution is -2.22. The van der Waals surface area contributed by atoms with Crippen LogP contribution in [0.1, 0.15) is 21.5 Å². The van der Waals surface area contributed by atoms with E-state index in [-0.39, 0.29) is 22.0 Å². The van der Waals surface area contributed by atoms with Crippen molar-refractivity contribution < 1.29 is 9.72 Å². The summed E-state index contributed by atoms with van der Waals surface area (Å²) in [5, 5.41) is 14.3. The van der Waals surface area contributed by atoms with Crippen LogP contribution in [0.4, 0.5) is 5.69 Å². The summed E-state index contributed by atoms with van der Waals surface area (Å²) in [6, 6.07) is 8.47. The molecule has 0 aliphatic heterocycles. The molecule has 136 valence electrons. The van der Waals surface area contributed by atoms with Crippen LogP contribution in [-0.2, 0) is 0 Å². The minimum atomic E-state index is -0.595. The molecular formula is C17H12ClN5O4. The fourth-order valence-corrected chi connectivity index (χ4v) is 2.51. The van der Waals surface area contributed by atoms with Crippen molar-refractivity contribution >= 4 is 35.1 Å². The molecule has 0 bridgehead atoms. The number of nitro groups is 1. The Bertz CT molecular complexity index is 1140. The highest BCUT2D eigenvalue weighted by atomic mass is 35.5. The summed E-state index contributed by atoms with van der Waals surface area (Å²) in [7, 11) is 0. The molecule has 0 unspecified atom stereocenters. The Balaban J connectivity index is 1.82. The highest BCUT2D eigenvalue weighted by Gasteiger charge is 2.11. The number of halogens is 1. The zero-order valence-corrected chi connectivity index (χ0v) is 14.7. The topological polar surface area (TPSA) is 119 Å². The Morgan fingerprint density at radius 2 is 2.00 bits per heavy atom. The maximum Gasteiger partial charge on any atom is 0.271 e. The van der Waals surface area contributed by atoms with Gasteiger partial charge in [0, 0.05) is 23.9 Å². The number of carbonyl (C=O) groups excluding carboxylic acids is 1. The van der Waals surface area contributed by atoms with Crippen molar-refractivity contribution in [1.29, 1.82) is 0 Å². The number of non-ortho nitro benzene ring substituents is 1. The normalized spacial score (nSPS) is 11.0.